The second kappa shape index (κ2) is 6.31. The van der Waals surface area contributed by atoms with Gasteiger partial charge in [-0.1, -0.05) is 18.2 Å². The molecule has 0 unspecified atom stereocenters. The molecule has 0 saturated heterocycles. The van der Waals surface area contributed by atoms with Crippen LogP contribution in [0.4, 0.5) is 0 Å². The van der Waals surface area contributed by atoms with Crippen LogP contribution < -0.4 is 4.74 Å². The van der Waals surface area contributed by atoms with Crippen molar-refractivity contribution in [1.29, 1.82) is 0 Å². The summed E-state index contributed by atoms with van der Waals surface area (Å²) in [6, 6.07) is 9.55. The van der Waals surface area contributed by atoms with Crippen molar-refractivity contribution in [3.8, 4) is 5.75 Å². The Morgan fingerprint density at radius 1 is 1.24 bits per heavy atom. The normalized spacial score (nSPS) is 11.6. The van der Waals surface area contributed by atoms with E-state index in [1.54, 1.807) is 7.11 Å². The largest absolute Gasteiger partial charge is 0.496 e. The van der Waals surface area contributed by atoms with Gasteiger partial charge in [0.05, 0.1) is 11.6 Å². The van der Waals surface area contributed by atoms with Crippen LogP contribution in [0.1, 0.15) is 17.3 Å². The van der Waals surface area contributed by atoms with Crippen molar-refractivity contribution in [2.45, 2.75) is 6.92 Å². The molecule has 110 valence electrons. The van der Waals surface area contributed by atoms with E-state index < -0.39 is 0 Å². The fourth-order valence-electron chi connectivity index (χ4n) is 2.24. The van der Waals surface area contributed by atoms with Gasteiger partial charge in [0.15, 0.2) is 5.78 Å². The smallest absolute Gasteiger partial charge is 0.190 e. The fourth-order valence-corrected chi connectivity index (χ4v) is 2.90. The van der Waals surface area contributed by atoms with E-state index in [0.29, 0.717) is 11.1 Å². The number of ketones is 1. The molecule has 4 heteroatoms. The maximum absolute atomic E-state index is 12.4. The van der Waals surface area contributed by atoms with Crippen LogP contribution >= 0.6 is 15.9 Å². The first-order chi connectivity index (χ1) is 9.93. The summed E-state index contributed by atoms with van der Waals surface area (Å²) < 4.78 is 6.19. The van der Waals surface area contributed by atoms with E-state index >= 15 is 0 Å². The van der Waals surface area contributed by atoms with Gasteiger partial charge < -0.3 is 9.64 Å². The molecule has 0 radical (unpaired) electrons. The first kappa shape index (κ1) is 15.6. The molecule has 0 heterocycles. The third-order valence-electron chi connectivity index (χ3n) is 3.21. The molecular weight excluding hydrogens is 330 g/mol. The molecular formula is C17H18BrNO2. The van der Waals surface area contributed by atoms with Crippen LogP contribution in [0.5, 0.6) is 5.75 Å². The summed E-state index contributed by atoms with van der Waals surface area (Å²) in [5.41, 5.74) is 1.40. The molecule has 2 rings (SSSR count). The van der Waals surface area contributed by atoms with E-state index in [2.05, 4.69) is 15.9 Å². The minimum Gasteiger partial charge on any atom is -0.496 e. The van der Waals surface area contributed by atoms with Crippen LogP contribution in [0.15, 0.2) is 46.6 Å². The predicted molar refractivity (Wildman–Crippen MR) is 90.0 cm³/mol. The monoisotopic (exact) mass is 347 g/mol. The van der Waals surface area contributed by atoms with Crippen LogP contribution in [0, 0.1) is 0 Å². The number of halogens is 1. The Morgan fingerprint density at radius 3 is 2.57 bits per heavy atom. The number of methoxy groups -OCH3 is 1. The molecule has 0 atom stereocenters. The van der Waals surface area contributed by atoms with Gasteiger partial charge in [0.1, 0.15) is 5.75 Å². The van der Waals surface area contributed by atoms with Gasteiger partial charge in [-0.2, -0.15) is 0 Å². The highest BCUT2D eigenvalue weighted by molar-refractivity contribution is 9.10. The van der Waals surface area contributed by atoms with Crippen molar-refractivity contribution in [2.24, 2.45) is 0 Å². The summed E-state index contributed by atoms with van der Waals surface area (Å²) in [7, 11) is 5.44. The summed E-state index contributed by atoms with van der Waals surface area (Å²) in [5, 5.41) is 2.03. The minimum absolute atomic E-state index is 0.0394. The third kappa shape index (κ3) is 3.27. The maximum atomic E-state index is 12.4. The van der Waals surface area contributed by atoms with Gasteiger partial charge >= 0.3 is 0 Å². The number of hydrogen-bond acceptors (Lipinski definition) is 3. The number of carbonyl (C=O) groups excluding carboxylic acids is 1. The lowest BCUT2D eigenvalue weighted by Crippen LogP contribution is -2.07. The summed E-state index contributed by atoms with van der Waals surface area (Å²) >= 11 is 3.54. The molecule has 0 aliphatic rings. The number of rotatable bonds is 4. The highest BCUT2D eigenvalue weighted by atomic mass is 79.9. The number of hydrogen-bond donors (Lipinski definition) is 0. The molecule has 2 aromatic rings. The SMILES string of the molecule is COc1ccc2cc(C(=O)/C(C)=C\N(C)C)ccc2c1Br. The van der Waals surface area contributed by atoms with Crippen LogP contribution in [-0.4, -0.2) is 31.9 Å². The summed E-state index contributed by atoms with van der Waals surface area (Å²) in [5.74, 6) is 0.822. The van der Waals surface area contributed by atoms with Gasteiger partial charge in [-0.05, 0) is 45.8 Å². The molecule has 0 aromatic heterocycles. The van der Waals surface area contributed by atoms with E-state index in [9.17, 15) is 4.79 Å². The number of Topliss-reactive ketones (excluding diaryl/α,β-unsaturated/α-hetero) is 1. The molecule has 21 heavy (non-hydrogen) atoms. The van der Waals surface area contributed by atoms with Gasteiger partial charge in [-0.15, -0.1) is 0 Å². The molecule has 0 bridgehead atoms. The van der Waals surface area contributed by atoms with E-state index in [1.165, 1.54) is 0 Å². The Balaban J connectivity index is 2.47. The zero-order valence-corrected chi connectivity index (χ0v) is 14.2. The number of carbonyl (C=O) groups is 1. The first-order valence-corrected chi connectivity index (χ1v) is 7.39. The molecule has 0 saturated carbocycles. The van der Waals surface area contributed by atoms with Crippen LogP contribution in [-0.2, 0) is 0 Å². The number of fused-ring (bicyclic) bond motifs is 1. The summed E-state index contributed by atoms with van der Waals surface area (Å²) in [6.07, 6.45) is 1.83. The molecule has 0 amide bonds. The zero-order valence-electron chi connectivity index (χ0n) is 12.6. The van der Waals surface area contributed by atoms with Gasteiger partial charge in [0.2, 0.25) is 0 Å². The molecule has 0 aliphatic carbocycles. The minimum atomic E-state index is 0.0394. The molecule has 0 aliphatic heterocycles. The second-order valence-electron chi connectivity index (χ2n) is 5.12. The predicted octanol–water partition coefficient (Wildman–Crippen LogP) is 4.26. The molecule has 0 fully saturated rings. The number of ether oxygens (including phenoxy) is 1. The number of allylic oxidation sites excluding steroid dienone is 1. The molecule has 0 N–H and O–H groups in total. The van der Waals surface area contributed by atoms with Crippen molar-refractivity contribution in [2.75, 3.05) is 21.2 Å². The highest BCUT2D eigenvalue weighted by Crippen LogP contribution is 2.33. The Morgan fingerprint density at radius 2 is 1.95 bits per heavy atom. The van der Waals surface area contributed by atoms with Crippen molar-refractivity contribution in [3.05, 3.63) is 52.1 Å². The Hall–Kier alpha value is -1.81. The van der Waals surface area contributed by atoms with Gasteiger partial charge in [0, 0.05) is 31.4 Å². The topological polar surface area (TPSA) is 29.5 Å². The van der Waals surface area contributed by atoms with Gasteiger partial charge in [-0.25, -0.2) is 0 Å². The van der Waals surface area contributed by atoms with Crippen LogP contribution in [0.2, 0.25) is 0 Å². The number of nitrogens with zero attached hydrogens (tertiary/aromatic N) is 1. The lowest BCUT2D eigenvalue weighted by Gasteiger charge is -2.10. The first-order valence-electron chi connectivity index (χ1n) is 6.60. The molecule has 3 nitrogen and oxygen atoms in total. The average molecular weight is 348 g/mol. The average Bonchev–Trinajstić information content (AvgIpc) is 2.45. The van der Waals surface area contributed by atoms with E-state index in [4.69, 9.17) is 4.74 Å². The van der Waals surface area contributed by atoms with Crippen LogP contribution in [0.3, 0.4) is 0 Å². The molecule has 2 aromatic carbocycles. The van der Waals surface area contributed by atoms with Crippen molar-refractivity contribution in [1.82, 2.24) is 4.90 Å². The van der Waals surface area contributed by atoms with Crippen molar-refractivity contribution in [3.63, 3.8) is 0 Å². The maximum Gasteiger partial charge on any atom is 0.190 e. The van der Waals surface area contributed by atoms with E-state index in [0.717, 1.165) is 21.0 Å². The van der Waals surface area contributed by atoms with E-state index in [1.807, 2.05) is 62.5 Å². The lowest BCUT2D eigenvalue weighted by atomic mass is 10.0. The Labute approximate surface area is 133 Å². The van der Waals surface area contributed by atoms with Gasteiger partial charge in [-0.3, -0.25) is 4.79 Å². The van der Waals surface area contributed by atoms with Crippen molar-refractivity contribution >= 4 is 32.5 Å². The Bertz CT molecular complexity index is 720. The second-order valence-corrected chi connectivity index (χ2v) is 5.92. The van der Waals surface area contributed by atoms with Crippen molar-refractivity contribution < 1.29 is 9.53 Å². The zero-order chi connectivity index (χ0) is 15.6. The summed E-state index contributed by atoms with van der Waals surface area (Å²) in [4.78, 5) is 14.3. The standard InChI is InChI=1S/C17H18BrNO2/c1-11(10-19(2)3)17(20)13-5-7-14-12(9-13)6-8-15(21-4)16(14)18/h5-10H,1-4H3/b11-10-. The third-order valence-corrected chi connectivity index (χ3v) is 4.03. The summed E-state index contributed by atoms with van der Waals surface area (Å²) in [6.45, 7) is 1.83. The van der Waals surface area contributed by atoms with Gasteiger partial charge in [0.25, 0.3) is 0 Å². The number of benzene rings is 2. The van der Waals surface area contributed by atoms with Crippen LogP contribution in [0.25, 0.3) is 10.8 Å². The quantitative estimate of drug-likeness (QED) is 0.611. The highest BCUT2D eigenvalue weighted by Gasteiger charge is 2.11. The van der Waals surface area contributed by atoms with E-state index in [-0.39, 0.29) is 5.78 Å². The fraction of sp³-hybridized carbons (Fsp3) is 0.235. The lowest BCUT2D eigenvalue weighted by molar-refractivity contribution is 0.103. The molecule has 0 spiro atoms. The Kier molecular flexibility index (Phi) is 4.68.